The molecule has 2 heterocycles. The molecule has 2 spiro atoms. The van der Waals surface area contributed by atoms with Crippen LogP contribution >= 0.6 is 22.7 Å². The standard InChI is InChI=1S/2C62H41NS/c1-4-18-42(19-5-1)43-32-34-46(35-33-43)63(47-37-39-60-52(40-47)51-25-11-17-31-59(51)64-60)48-36-38-50-49-24-10-12-26-53(49)62(58(50)41-48)56-29-15-13-27-54(56)61(44-20-6-2-7-21-44,45-22-8-3-9-23-45)55-28-14-16-30-57(55)62;1-4-18-42(19-5-1)43-32-34-46(35-33-43)63(48-37-39-52-51-25-11-17-31-59(51)64-60(52)41-48)47-36-38-50-49-24-10-12-26-53(49)62(58(50)40-47)56-29-15-13-27-54(56)61(44-20-6-2-7-21-44,45-22-8-3-9-23-45)55-28-14-16-30-57(55)62/h2*1-41H. The topological polar surface area (TPSA) is 6.48 Å². The van der Waals surface area contributed by atoms with Crippen LogP contribution in [-0.4, -0.2) is 0 Å². The molecule has 0 unspecified atom stereocenters. The molecular formula is C124H82N2S2. The first-order valence-corrected chi connectivity index (χ1v) is 46.0. The van der Waals surface area contributed by atoms with E-state index >= 15 is 0 Å². The maximum absolute atomic E-state index is 2.52. The number of nitrogens with zero attached hydrogens (tertiary/aromatic N) is 2. The smallest absolute Gasteiger partial charge is 0.0720 e. The number of rotatable bonds is 12. The molecule has 0 bridgehead atoms. The molecule has 20 aromatic carbocycles. The molecule has 22 aromatic rings. The van der Waals surface area contributed by atoms with Crippen LogP contribution in [0.2, 0.25) is 0 Å². The Morgan fingerprint density at radius 1 is 0.141 bits per heavy atom. The minimum Gasteiger partial charge on any atom is -0.310 e. The number of benzene rings is 20. The third-order valence-electron chi connectivity index (χ3n) is 28.0. The number of fused-ring (bicyclic) bond motifs is 24. The van der Waals surface area contributed by atoms with Gasteiger partial charge in [0.05, 0.1) is 21.7 Å². The van der Waals surface area contributed by atoms with Crippen LogP contribution in [0.1, 0.15) is 89.0 Å². The van der Waals surface area contributed by atoms with Crippen molar-refractivity contribution in [3.63, 3.8) is 0 Å². The third-order valence-corrected chi connectivity index (χ3v) is 30.3. The van der Waals surface area contributed by atoms with E-state index in [0.717, 1.165) is 34.1 Å². The van der Waals surface area contributed by atoms with Crippen LogP contribution < -0.4 is 9.80 Å². The fraction of sp³-hybridized carbons (Fsp3) is 0.0323. The second-order valence-electron chi connectivity index (χ2n) is 34.3. The maximum Gasteiger partial charge on any atom is 0.0720 e. The Morgan fingerprint density at radius 3 is 0.781 bits per heavy atom. The number of thiophene rings is 2. The quantitative estimate of drug-likeness (QED) is 0.120. The lowest BCUT2D eigenvalue weighted by atomic mass is 9.51. The number of hydrogen-bond donors (Lipinski definition) is 0. The molecule has 0 atom stereocenters. The van der Waals surface area contributed by atoms with Gasteiger partial charge in [-0.05, 0) is 225 Å². The molecule has 26 rings (SSSR count). The molecule has 600 valence electrons. The normalized spacial score (nSPS) is 13.9. The third kappa shape index (κ3) is 11.1. The Labute approximate surface area is 753 Å². The highest BCUT2D eigenvalue weighted by molar-refractivity contribution is 7.26. The molecule has 0 aliphatic heterocycles. The van der Waals surface area contributed by atoms with Gasteiger partial charge in [-0.15, -0.1) is 22.7 Å². The van der Waals surface area contributed by atoms with E-state index in [1.807, 2.05) is 22.7 Å². The Balaban J connectivity index is 0.000000139. The molecule has 0 fully saturated rings. The van der Waals surface area contributed by atoms with Crippen LogP contribution in [0.25, 0.3) is 84.9 Å². The van der Waals surface area contributed by atoms with Gasteiger partial charge in [0.2, 0.25) is 0 Å². The van der Waals surface area contributed by atoms with Gasteiger partial charge in [-0.2, -0.15) is 0 Å². The molecule has 0 saturated carbocycles. The molecule has 2 nitrogen and oxygen atoms in total. The summed E-state index contributed by atoms with van der Waals surface area (Å²) < 4.78 is 5.19. The second kappa shape index (κ2) is 30.1. The summed E-state index contributed by atoms with van der Waals surface area (Å²) in [4.78, 5) is 4.94. The monoisotopic (exact) mass is 1660 g/mol. The van der Waals surface area contributed by atoms with E-state index < -0.39 is 21.7 Å². The van der Waals surface area contributed by atoms with Gasteiger partial charge in [0.1, 0.15) is 0 Å². The van der Waals surface area contributed by atoms with Crippen molar-refractivity contribution in [3.8, 4) is 44.5 Å². The van der Waals surface area contributed by atoms with E-state index in [1.54, 1.807) is 0 Å². The summed E-state index contributed by atoms with van der Waals surface area (Å²) in [6, 6.07) is 186. The molecule has 2 aromatic heterocycles. The maximum atomic E-state index is 2.52. The molecule has 0 saturated heterocycles. The lowest BCUT2D eigenvalue weighted by Crippen LogP contribution is -2.44. The Hall–Kier alpha value is -15.6. The van der Waals surface area contributed by atoms with Gasteiger partial charge in [0, 0.05) is 74.5 Å². The first-order valence-electron chi connectivity index (χ1n) is 44.3. The van der Waals surface area contributed by atoms with Crippen molar-refractivity contribution in [2.45, 2.75) is 21.7 Å². The van der Waals surface area contributed by atoms with Crippen LogP contribution in [0.3, 0.4) is 0 Å². The zero-order chi connectivity index (χ0) is 84.5. The molecule has 4 heteroatoms. The van der Waals surface area contributed by atoms with Crippen molar-refractivity contribution < 1.29 is 0 Å². The molecule has 0 amide bonds. The summed E-state index contributed by atoms with van der Waals surface area (Å²) in [5.41, 5.74) is 35.1. The first-order chi connectivity index (χ1) is 63.5. The summed E-state index contributed by atoms with van der Waals surface area (Å²) in [7, 11) is 0. The summed E-state index contributed by atoms with van der Waals surface area (Å²) in [6.07, 6.45) is 0. The Morgan fingerprint density at radius 2 is 0.391 bits per heavy atom. The van der Waals surface area contributed by atoms with Crippen LogP contribution in [0.4, 0.5) is 34.1 Å². The highest BCUT2D eigenvalue weighted by Crippen LogP contribution is 2.68. The Kier molecular flexibility index (Phi) is 17.6. The lowest BCUT2D eigenvalue weighted by Gasteiger charge is -2.50. The zero-order valence-corrected chi connectivity index (χ0v) is 71.7. The van der Waals surface area contributed by atoms with Crippen LogP contribution in [0.5, 0.6) is 0 Å². The van der Waals surface area contributed by atoms with E-state index in [0.29, 0.717) is 0 Å². The van der Waals surface area contributed by atoms with Crippen molar-refractivity contribution in [2.24, 2.45) is 0 Å². The minimum absolute atomic E-state index is 0.553. The molecule has 0 radical (unpaired) electrons. The molecule has 4 aliphatic rings. The summed E-state index contributed by atoms with van der Waals surface area (Å²) in [6.45, 7) is 0. The van der Waals surface area contributed by atoms with Crippen molar-refractivity contribution in [2.75, 3.05) is 9.80 Å². The number of anilines is 6. The zero-order valence-electron chi connectivity index (χ0n) is 70.1. The second-order valence-corrected chi connectivity index (χ2v) is 36.4. The van der Waals surface area contributed by atoms with Gasteiger partial charge in [-0.3, -0.25) is 0 Å². The van der Waals surface area contributed by atoms with Crippen molar-refractivity contribution >= 4 is 97.1 Å². The number of hydrogen-bond acceptors (Lipinski definition) is 4. The van der Waals surface area contributed by atoms with E-state index in [4.69, 9.17) is 0 Å². The van der Waals surface area contributed by atoms with Crippen LogP contribution in [-0.2, 0) is 21.7 Å². The van der Waals surface area contributed by atoms with E-state index in [9.17, 15) is 0 Å². The minimum atomic E-state index is -0.599. The largest absolute Gasteiger partial charge is 0.310 e. The van der Waals surface area contributed by atoms with E-state index in [2.05, 4.69) is 507 Å². The van der Waals surface area contributed by atoms with Gasteiger partial charge in [-0.1, -0.05) is 406 Å². The van der Waals surface area contributed by atoms with Crippen LogP contribution in [0, 0.1) is 0 Å². The van der Waals surface area contributed by atoms with Gasteiger partial charge in [0.15, 0.2) is 0 Å². The van der Waals surface area contributed by atoms with Gasteiger partial charge >= 0.3 is 0 Å². The van der Waals surface area contributed by atoms with Crippen molar-refractivity contribution in [1.82, 2.24) is 0 Å². The van der Waals surface area contributed by atoms with Gasteiger partial charge in [0.25, 0.3) is 0 Å². The van der Waals surface area contributed by atoms with E-state index in [-0.39, 0.29) is 0 Å². The summed E-state index contributed by atoms with van der Waals surface area (Å²) >= 11 is 3.73. The molecule has 0 N–H and O–H groups in total. The van der Waals surface area contributed by atoms with Crippen molar-refractivity contribution in [3.05, 3.63) is 586 Å². The molecular weight excluding hydrogens is 1580 g/mol. The fourth-order valence-corrected chi connectivity index (χ4v) is 25.1. The molecule has 4 aliphatic carbocycles. The van der Waals surface area contributed by atoms with Crippen LogP contribution in [0.15, 0.2) is 497 Å². The average Bonchev–Trinajstić information content (AvgIpc) is 1.50. The summed E-state index contributed by atoms with van der Waals surface area (Å²) in [5, 5.41) is 5.18. The predicted molar refractivity (Wildman–Crippen MR) is 537 cm³/mol. The van der Waals surface area contributed by atoms with Gasteiger partial charge < -0.3 is 9.80 Å². The van der Waals surface area contributed by atoms with E-state index in [1.165, 1.54) is 174 Å². The summed E-state index contributed by atoms with van der Waals surface area (Å²) in [5.74, 6) is 0. The van der Waals surface area contributed by atoms with Gasteiger partial charge in [-0.25, -0.2) is 0 Å². The fourth-order valence-electron chi connectivity index (χ4n) is 22.9. The highest BCUT2D eigenvalue weighted by atomic mass is 32.1. The van der Waals surface area contributed by atoms with Crippen molar-refractivity contribution in [1.29, 1.82) is 0 Å². The Bertz CT molecular complexity index is 7870. The average molecular weight is 1660 g/mol. The lowest BCUT2D eigenvalue weighted by molar-refractivity contribution is 0.623. The molecule has 128 heavy (non-hydrogen) atoms. The predicted octanol–water partition coefficient (Wildman–Crippen LogP) is 32.5. The highest BCUT2D eigenvalue weighted by Gasteiger charge is 2.59. The first kappa shape index (κ1) is 75.0. The SMILES string of the molecule is c1ccc(-c2ccc(N(c3ccc4c(c3)C3(c5ccccc5-4)c4ccccc4C(c4ccccc4)(c4ccccc4)c4ccccc43)c3ccc4c(c3)sc3ccccc34)cc2)cc1.c1ccc(-c2ccc(N(c3ccc4c(c3)C3(c5ccccc5-4)c4ccccc4C(c4ccccc4)(c4ccccc4)c4ccccc43)c3ccc4sc5ccccc5c4c3)cc2)cc1.